The molecule has 1 aliphatic heterocycles. The molecule has 1 atom stereocenters. The van der Waals surface area contributed by atoms with Crippen LogP contribution < -0.4 is 5.32 Å². The second-order valence-electron chi connectivity index (χ2n) is 7.29. The van der Waals surface area contributed by atoms with E-state index >= 15 is 0 Å². The highest BCUT2D eigenvalue weighted by Gasteiger charge is 2.27. The summed E-state index contributed by atoms with van der Waals surface area (Å²) in [5.74, 6) is 0. The number of nitrogens with one attached hydrogen (secondary N) is 1. The van der Waals surface area contributed by atoms with Crippen molar-refractivity contribution < 1.29 is 0 Å². The van der Waals surface area contributed by atoms with Crippen molar-refractivity contribution in [3.8, 4) is 0 Å². The lowest BCUT2D eigenvalue weighted by Gasteiger charge is -2.34. The summed E-state index contributed by atoms with van der Waals surface area (Å²) in [6.45, 7) is 8.33. The quantitative estimate of drug-likeness (QED) is 0.730. The Balaban J connectivity index is 1.74. The number of fused-ring (bicyclic) bond motifs is 1. The Morgan fingerprint density at radius 1 is 1.24 bits per heavy atom. The Hall–Kier alpha value is -1.80. The van der Waals surface area contributed by atoms with Crippen LogP contribution in [0.15, 0.2) is 60.8 Å². The number of hydrogen-bond donors (Lipinski definition) is 1. The predicted molar refractivity (Wildman–Crippen MR) is 108 cm³/mol. The van der Waals surface area contributed by atoms with Crippen LogP contribution in [0.5, 0.6) is 0 Å². The molecule has 1 unspecified atom stereocenters. The standard InChI is InChI=1S/C23H32N2/c1-3-9-22(10-4-2)25(16-14-21-13-7-8-15-24-21)23-17-19-11-5-6-12-20(19)18-23/h3-6,9-12,21,23-24H,1,7-8,13-18H2,2H3/b10-4-,22-9+. The second-order valence-corrected chi connectivity index (χ2v) is 7.29. The number of allylic oxidation sites excluding steroid dienone is 4. The first kappa shape index (κ1) is 18.0. The SMILES string of the molecule is C=C/C=C(\C=C/C)N(CCC1CCCCN1)C1Cc2ccccc2C1. The lowest BCUT2D eigenvalue weighted by molar-refractivity contribution is 0.241. The predicted octanol–water partition coefficient (Wildman–Crippen LogP) is 4.63. The van der Waals surface area contributed by atoms with Gasteiger partial charge in [-0.3, -0.25) is 0 Å². The minimum Gasteiger partial charge on any atom is -0.368 e. The number of hydrogen-bond acceptors (Lipinski definition) is 2. The lowest BCUT2D eigenvalue weighted by atomic mass is 10.0. The summed E-state index contributed by atoms with van der Waals surface area (Å²) >= 11 is 0. The Kier molecular flexibility index (Phi) is 6.52. The van der Waals surface area contributed by atoms with Gasteiger partial charge in [-0.2, -0.15) is 0 Å². The number of benzene rings is 1. The van der Waals surface area contributed by atoms with Crippen LogP contribution >= 0.6 is 0 Å². The molecule has 1 N–H and O–H groups in total. The molecule has 1 aromatic carbocycles. The van der Waals surface area contributed by atoms with Crippen LogP contribution in [0, 0.1) is 0 Å². The Bertz CT molecular complexity index is 598. The van der Waals surface area contributed by atoms with Crippen molar-refractivity contribution in [2.24, 2.45) is 0 Å². The van der Waals surface area contributed by atoms with E-state index in [1.807, 2.05) is 6.08 Å². The van der Waals surface area contributed by atoms with Crippen molar-refractivity contribution >= 4 is 0 Å². The van der Waals surface area contributed by atoms with Crippen molar-refractivity contribution in [2.45, 2.75) is 57.5 Å². The Morgan fingerprint density at radius 3 is 2.60 bits per heavy atom. The molecule has 2 nitrogen and oxygen atoms in total. The average molecular weight is 337 g/mol. The van der Waals surface area contributed by atoms with Crippen molar-refractivity contribution in [1.82, 2.24) is 10.2 Å². The maximum Gasteiger partial charge on any atom is 0.0370 e. The highest BCUT2D eigenvalue weighted by molar-refractivity contribution is 5.35. The fourth-order valence-electron chi connectivity index (χ4n) is 4.28. The van der Waals surface area contributed by atoms with Crippen LogP contribution in [0.2, 0.25) is 0 Å². The molecule has 0 spiro atoms. The summed E-state index contributed by atoms with van der Waals surface area (Å²) in [5, 5.41) is 3.70. The molecule has 0 radical (unpaired) electrons. The van der Waals surface area contributed by atoms with Gasteiger partial charge in [0.1, 0.15) is 0 Å². The normalized spacial score (nSPS) is 21.5. The van der Waals surface area contributed by atoms with Gasteiger partial charge in [0, 0.05) is 24.3 Å². The first-order valence-corrected chi connectivity index (χ1v) is 9.84. The van der Waals surface area contributed by atoms with E-state index in [9.17, 15) is 0 Å². The lowest BCUT2D eigenvalue weighted by Crippen LogP contribution is -2.41. The molecule has 3 rings (SSSR count). The third-order valence-electron chi connectivity index (χ3n) is 5.56. The first-order chi connectivity index (χ1) is 12.3. The summed E-state index contributed by atoms with van der Waals surface area (Å²) in [6.07, 6.45) is 16.0. The third-order valence-corrected chi connectivity index (χ3v) is 5.56. The van der Waals surface area contributed by atoms with E-state index in [0.717, 1.165) is 19.4 Å². The van der Waals surface area contributed by atoms with Crippen LogP contribution in [0.3, 0.4) is 0 Å². The van der Waals surface area contributed by atoms with E-state index in [4.69, 9.17) is 0 Å². The number of nitrogens with zero attached hydrogens (tertiary/aromatic N) is 1. The minimum atomic E-state index is 0.559. The maximum atomic E-state index is 3.93. The zero-order valence-corrected chi connectivity index (χ0v) is 15.6. The fourth-order valence-corrected chi connectivity index (χ4v) is 4.28. The molecule has 0 bridgehead atoms. The van der Waals surface area contributed by atoms with Crippen molar-refractivity contribution in [3.05, 3.63) is 72.0 Å². The van der Waals surface area contributed by atoms with Gasteiger partial charge in [0.05, 0.1) is 0 Å². The molecule has 0 aromatic heterocycles. The summed E-state index contributed by atoms with van der Waals surface area (Å²) in [7, 11) is 0. The van der Waals surface area contributed by atoms with Crippen LogP contribution in [-0.4, -0.2) is 30.1 Å². The molecule has 2 heteroatoms. The zero-order chi connectivity index (χ0) is 17.5. The van der Waals surface area contributed by atoms with E-state index in [0.29, 0.717) is 12.1 Å². The van der Waals surface area contributed by atoms with E-state index < -0.39 is 0 Å². The summed E-state index contributed by atoms with van der Waals surface area (Å²) in [5.41, 5.74) is 4.34. The van der Waals surface area contributed by atoms with Crippen LogP contribution in [-0.2, 0) is 12.8 Å². The maximum absolute atomic E-state index is 3.93. The Labute approximate surface area is 153 Å². The second kappa shape index (κ2) is 9.05. The topological polar surface area (TPSA) is 15.3 Å². The van der Waals surface area contributed by atoms with Crippen LogP contribution in [0.1, 0.15) is 43.7 Å². The summed E-state index contributed by atoms with van der Waals surface area (Å²) in [6, 6.07) is 10.2. The highest BCUT2D eigenvalue weighted by Crippen LogP contribution is 2.28. The van der Waals surface area contributed by atoms with Crippen molar-refractivity contribution in [2.75, 3.05) is 13.1 Å². The molecule has 1 saturated heterocycles. The smallest absolute Gasteiger partial charge is 0.0370 e. The van der Waals surface area contributed by atoms with Gasteiger partial charge in [-0.05, 0) is 68.9 Å². The van der Waals surface area contributed by atoms with Gasteiger partial charge < -0.3 is 10.2 Å². The monoisotopic (exact) mass is 336 g/mol. The van der Waals surface area contributed by atoms with E-state index in [2.05, 4.69) is 66.2 Å². The third kappa shape index (κ3) is 4.64. The number of piperidine rings is 1. The fraction of sp³-hybridized carbons (Fsp3) is 0.478. The van der Waals surface area contributed by atoms with Gasteiger partial charge >= 0.3 is 0 Å². The molecule has 1 aromatic rings. The van der Waals surface area contributed by atoms with E-state index in [1.165, 1.54) is 49.1 Å². The molecule has 1 fully saturated rings. The van der Waals surface area contributed by atoms with Crippen LogP contribution in [0.25, 0.3) is 0 Å². The van der Waals surface area contributed by atoms with Crippen molar-refractivity contribution in [1.29, 1.82) is 0 Å². The molecule has 0 saturated carbocycles. The molecule has 1 heterocycles. The van der Waals surface area contributed by atoms with Gasteiger partial charge in [-0.15, -0.1) is 0 Å². The number of rotatable bonds is 7. The van der Waals surface area contributed by atoms with E-state index in [-0.39, 0.29) is 0 Å². The highest BCUT2D eigenvalue weighted by atomic mass is 15.2. The van der Waals surface area contributed by atoms with Crippen molar-refractivity contribution in [3.63, 3.8) is 0 Å². The van der Waals surface area contributed by atoms with Gasteiger partial charge in [-0.25, -0.2) is 0 Å². The molecule has 134 valence electrons. The summed E-state index contributed by atoms with van der Waals surface area (Å²) < 4.78 is 0. The molecular weight excluding hydrogens is 304 g/mol. The molecular formula is C23H32N2. The molecule has 25 heavy (non-hydrogen) atoms. The Morgan fingerprint density at radius 2 is 2.00 bits per heavy atom. The zero-order valence-electron chi connectivity index (χ0n) is 15.6. The molecule has 0 amide bonds. The molecule has 2 aliphatic rings. The van der Waals surface area contributed by atoms with Gasteiger partial charge in [0.15, 0.2) is 0 Å². The van der Waals surface area contributed by atoms with E-state index in [1.54, 1.807) is 0 Å². The summed E-state index contributed by atoms with van der Waals surface area (Å²) in [4.78, 5) is 2.62. The minimum absolute atomic E-state index is 0.559. The van der Waals surface area contributed by atoms with Gasteiger partial charge in [0.25, 0.3) is 0 Å². The van der Waals surface area contributed by atoms with Gasteiger partial charge in [-0.1, -0.05) is 49.4 Å². The van der Waals surface area contributed by atoms with Crippen LogP contribution in [0.4, 0.5) is 0 Å². The average Bonchev–Trinajstić information content (AvgIpc) is 3.07. The van der Waals surface area contributed by atoms with Gasteiger partial charge in [0.2, 0.25) is 0 Å². The molecule has 1 aliphatic carbocycles. The first-order valence-electron chi connectivity index (χ1n) is 9.84. The largest absolute Gasteiger partial charge is 0.368 e.